The first-order valence-electron chi connectivity index (χ1n) is 7.32. The minimum atomic E-state index is -3.48. The summed E-state index contributed by atoms with van der Waals surface area (Å²) in [6.45, 7) is 4.99. The Kier molecular flexibility index (Phi) is 4.99. The highest BCUT2D eigenvalue weighted by Gasteiger charge is 2.33. The first-order valence-corrected chi connectivity index (χ1v) is 8.76. The third kappa shape index (κ3) is 2.96. The van der Waals surface area contributed by atoms with Crippen LogP contribution >= 0.6 is 0 Å². The van der Waals surface area contributed by atoms with Crippen molar-refractivity contribution >= 4 is 15.8 Å². The van der Waals surface area contributed by atoms with E-state index >= 15 is 0 Å². The minimum Gasteiger partial charge on any atom is -0.369 e. The van der Waals surface area contributed by atoms with Crippen LogP contribution in [-0.2, 0) is 10.0 Å². The van der Waals surface area contributed by atoms with Crippen LogP contribution in [0.5, 0.6) is 0 Å². The molecule has 2 rings (SSSR count). The number of nitrogens with zero attached hydrogens (tertiary/aromatic N) is 2. The molecule has 112 valence electrons. The maximum absolute atomic E-state index is 12.9. The van der Waals surface area contributed by atoms with Gasteiger partial charge < -0.3 is 5.32 Å². The van der Waals surface area contributed by atoms with E-state index in [0.29, 0.717) is 18.9 Å². The van der Waals surface area contributed by atoms with Crippen molar-refractivity contribution in [1.82, 2.24) is 9.29 Å². The Hall–Kier alpha value is -1.14. The summed E-state index contributed by atoms with van der Waals surface area (Å²) in [4.78, 5) is 4.45. The lowest BCUT2D eigenvalue weighted by molar-refractivity contribution is 0.335. The number of sulfonamides is 1. The van der Waals surface area contributed by atoms with Crippen LogP contribution in [0.2, 0.25) is 0 Å². The molecule has 0 spiro atoms. The van der Waals surface area contributed by atoms with Crippen molar-refractivity contribution in [2.75, 3.05) is 18.4 Å². The zero-order chi connectivity index (χ0) is 14.6. The Balaban J connectivity index is 2.37. The van der Waals surface area contributed by atoms with Crippen LogP contribution in [0.3, 0.4) is 0 Å². The van der Waals surface area contributed by atoms with Crippen LogP contribution in [0, 0.1) is 0 Å². The molecule has 20 heavy (non-hydrogen) atoms. The lowest BCUT2D eigenvalue weighted by Gasteiger charge is -2.27. The van der Waals surface area contributed by atoms with Crippen LogP contribution in [0.1, 0.15) is 39.5 Å². The molecular weight excluding hydrogens is 274 g/mol. The molecule has 1 aliphatic rings. The molecule has 1 fully saturated rings. The van der Waals surface area contributed by atoms with Gasteiger partial charge in [0.15, 0.2) is 0 Å². The molecule has 0 amide bonds. The molecule has 5 nitrogen and oxygen atoms in total. The van der Waals surface area contributed by atoms with Crippen LogP contribution in [0.15, 0.2) is 23.2 Å². The largest absolute Gasteiger partial charge is 0.369 e. The second kappa shape index (κ2) is 6.54. The molecule has 1 saturated carbocycles. The quantitative estimate of drug-likeness (QED) is 0.876. The van der Waals surface area contributed by atoms with E-state index in [1.165, 1.54) is 0 Å². The third-order valence-electron chi connectivity index (χ3n) is 3.75. The molecule has 0 atom stereocenters. The number of anilines is 1. The van der Waals surface area contributed by atoms with E-state index in [4.69, 9.17) is 0 Å². The van der Waals surface area contributed by atoms with Crippen molar-refractivity contribution in [3.8, 4) is 0 Å². The highest BCUT2D eigenvalue weighted by Crippen LogP contribution is 2.30. The van der Waals surface area contributed by atoms with Crippen molar-refractivity contribution in [3.05, 3.63) is 18.3 Å². The summed E-state index contributed by atoms with van der Waals surface area (Å²) in [5.74, 6) is 0.450. The van der Waals surface area contributed by atoms with Gasteiger partial charge in [0.25, 0.3) is 0 Å². The SMILES string of the molecule is CCNc1ncccc1S(=O)(=O)N(CC)C1CCCC1. The number of pyridine rings is 1. The van der Waals surface area contributed by atoms with Gasteiger partial charge in [0.2, 0.25) is 10.0 Å². The van der Waals surface area contributed by atoms with Crippen LogP contribution in [-0.4, -0.2) is 36.8 Å². The molecule has 1 heterocycles. The molecule has 6 heteroatoms. The topological polar surface area (TPSA) is 62.3 Å². The molecular formula is C14H23N3O2S. The Labute approximate surface area is 121 Å². The molecule has 0 radical (unpaired) electrons. The number of nitrogens with one attached hydrogen (secondary N) is 1. The van der Waals surface area contributed by atoms with Crippen LogP contribution in [0.25, 0.3) is 0 Å². The maximum Gasteiger partial charge on any atom is 0.246 e. The summed E-state index contributed by atoms with van der Waals surface area (Å²) in [6, 6.07) is 3.45. The van der Waals surface area contributed by atoms with E-state index in [1.807, 2.05) is 13.8 Å². The zero-order valence-electron chi connectivity index (χ0n) is 12.2. The lowest BCUT2D eigenvalue weighted by Crippen LogP contribution is -2.38. The van der Waals surface area contributed by atoms with Crippen molar-refractivity contribution < 1.29 is 8.42 Å². The molecule has 0 aliphatic heterocycles. The highest BCUT2D eigenvalue weighted by atomic mass is 32.2. The average Bonchev–Trinajstić information content (AvgIpc) is 2.94. The summed E-state index contributed by atoms with van der Waals surface area (Å²) >= 11 is 0. The second-order valence-electron chi connectivity index (χ2n) is 5.03. The van der Waals surface area contributed by atoms with Gasteiger partial charge in [-0.1, -0.05) is 19.8 Å². The summed E-state index contributed by atoms with van der Waals surface area (Å²) < 4.78 is 27.4. The normalized spacial score (nSPS) is 16.8. The van der Waals surface area contributed by atoms with E-state index in [0.717, 1.165) is 25.7 Å². The van der Waals surface area contributed by atoms with E-state index in [2.05, 4.69) is 10.3 Å². The van der Waals surface area contributed by atoms with E-state index < -0.39 is 10.0 Å². The summed E-state index contributed by atoms with van der Waals surface area (Å²) in [5, 5.41) is 3.03. The van der Waals surface area contributed by atoms with Crippen LogP contribution in [0.4, 0.5) is 5.82 Å². The third-order valence-corrected chi connectivity index (χ3v) is 5.80. The minimum absolute atomic E-state index is 0.139. The fraction of sp³-hybridized carbons (Fsp3) is 0.643. The van der Waals surface area contributed by atoms with Gasteiger partial charge in [0, 0.05) is 25.3 Å². The molecule has 1 aromatic rings. The molecule has 1 aromatic heterocycles. The lowest BCUT2D eigenvalue weighted by atomic mass is 10.2. The highest BCUT2D eigenvalue weighted by molar-refractivity contribution is 7.89. The first kappa shape index (κ1) is 15.3. The fourth-order valence-electron chi connectivity index (χ4n) is 2.84. The van der Waals surface area contributed by atoms with E-state index in [-0.39, 0.29) is 10.9 Å². The molecule has 0 bridgehead atoms. The van der Waals surface area contributed by atoms with Gasteiger partial charge in [-0.25, -0.2) is 13.4 Å². The zero-order valence-corrected chi connectivity index (χ0v) is 13.0. The Bertz CT molecular complexity index is 539. The molecule has 1 N–H and O–H groups in total. The van der Waals surface area contributed by atoms with Gasteiger partial charge in [-0.2, -0.15) is 4.31 Å². The smallest absolute Gasteiger partial charge is 0.246 e. The monoisotopic (exact) mass is 297 g/mol. The number of rotatable bonds is 6. The van der Waals surface area contributed by atoms with Gasteiger partial charge >= 0.3 is 0 Å². The Morgan fingerprint density at radius 1 is 1.35 bits per heavy atom. The number of hydrogen-bond acceptors (Lipinski definition) is 4. The molecule has 0 saturated heterocycles. The Morgan fingerprint density at radius 2 is 2.05 bits per heavy atom. The van der Waals surface area contributed by atoms with Crippen molar-refractivity contribution in [2.45, 2.75) is 50.5 Å². The maximum atomic E-state index is 12.9. The Morgan fingerprint density at radius 3 is 2.65 bits per heavy atom. The summed E-state index contributed by atoms with van der Waals surface area (Å²) in [5.41, 5.74) is 0. The van der Waals surface area contributed by atoms with Gasteiger partial charge in [-0.3, -0.25) is 0 Å². The van der Waals surface area contributed by atoms with Crippen molar-refractivity contribution in [3.63, 3.8) is 0 Å². The number of hydrogen-bond donors (Lipinski definition) is 1. The van der Waals surface area contributed by atoms with Gasteiger partial charge in [0.05, 0.1) is 0 Å². The van der Waals surface area contributed by atoms with Gasteiger partial charge in [-0.15, -0.1) is 0 Å². The second-order valence-corrected chi connectivity index (χ2v) is 6.89. The van der Waals surface area contributed by atoms with E-state index in [9.17, 15) is 8.42 Å². The van der Waals surface area contributed by atoms with Crippen LogP contribution < -0.4 is 5.32 Å². The molecule has 0 aromatic carbocycles. The molecule has 0 unspecified atom stereocenters. The van der Waals surface area contributed by atoms with Gasteiger partial charge in [-0.05, 0) is 31.9 Å². The average molecular weight is 297 g/mol. The molecule has 1 aliphatic carbocycles. The van der Waals surface area contributed by atoms with Gasteiger partial charge in [0.1, 0.15) is 10.7 Å². The predicted molar refractivity (Wildman–Crippen MR) is 80.2 cm³/mol. The summed E-state index contributed by atoms with van der Waals surface area (Å²) in [7, 11) is -3.48. The standard InChI is InChI=1S/C14H23N3O2S/c1-3-15-14-13(10-7-11-16-14)20(18,19)17(4-2)12-8-5-6-9-12/h7,10-12H,3-6,8-9H2,1-2H3,(H,15,16). The van der Waals surface area contributed by atoms with E-state index in [1.54, 1.807) is 22.6 Å². The summed E-state index contributed by atoms with van der Waals surface area (Å²) in [6.07, 6.45) is 5.77. The fourth-order valence-corrected chi connectivity index (χ4v) is 4.66. The van der Waals surface area contributed by atoms with Crippen molar-refractivity contribution in [1.29, 1.82) is 0 Å². The number of aromatic nitrogens is 1. The predicted octanol–water partition coefficient (Wildman–Crippen LogP) is 2.47. The van der Waals surface area contributed by atoms with Crippen molar-refractivity contribution in [2.24, 2.45) is 0 Å². The first-order chi connectivity index (χ1) is 9.61.